The molecule has 140 valence electrons. The van der Waals surface area contributed by atoms with Crippen molar-refractivity contribution in [2.75, 3.05) is 6.61 Å². The molecule has 0 aromatic rings. The molecule has 1 amide bonds. The summed E-state index contributed by atoms with van der Waals surface area (Å²) in [6.07, 6.45) is 4.95. The predicted octanol–water partition coefficient (Wildman–Crippen LogP) is 4.65. The summed E-state index contributed by atoms with van der Waals surface area (Å²) < 4.78 is 5.22. The lowest BCUT2D eigenvalue weighted by Gasteiger charge is -2.43. The molecule has 1 aliphatic heterocycles. The molecule has 1 aliphatic rings. The molecular formula is C20H30ClNO3. The summed E-state index contributed by atoms with van der Waals surface area (Å²) >= 11 is 6.33. The Balaban J connectivity index is 3.56. The molecule has 4 nitrogen and oxygen atoms in total. The normalized spacial score (nSPS) is 24.2. The minimum Gasteiger partial charge on any atom is -0.465 e. The van der Waals surface area contributed by atoms with Gasteiger partial charge in [-0.3, -0.25) is 9.59 Å². The van der Waals surface area contributed by atoms with E-state index in [4.69, 9.17) is 16.3 Å². The molecule has 0 bridgehead atoms. The maximum Gasteiger partial charge on any atom is 0.325 e. The third-order valence-electron chi connectivity index (χ3n) is 5.02. The van der Waals surface area contributed by atoms with Crippen molar-refractivity contribution in [1.82, 2.24) is 5.32 Å². The minimum absolute atomic E-state index is 0.236. The van der Waals surface area contributed by atoms with Gasteiger partial charge in [-0.1, -0.05) is 37.1 Å². The van der Waals surface area contributed by atoms with Gasteiger partial charge in [-0.2, -0.15) is 0 Å². The van der Waals surface area contributed by atoms with Crippen LogP contribution in [0.5, 0.6) is 0 Å². The summed E-state index contributed by atoms with van der Waals surface area (Å²) in [5.74, 6) is -0.806. The topological polar surface area (TPSA) is 55.4 Å². The molecule has 1 N–H and O–H groups in total. The third kappa shape index (κ3) is 4.00. The van der Waals surface area contributed by atoms with Crippen LogP contribution in [0.25, 0.3) is 0 Å². The first-order valence-electron chi connectivity index (χ1n) is 8.83. The van der Waals surface area contributed by atoms with Crippen LogP contribution in [-0.4, -0.2) is 24.0 Å². The number of halogens is 1. The van der Waals surface area contributed by atoms with E-state index in [0.717, 1.165) is 23.1 Å². The highest BCUT2D eigenvalue weighted by Crippen LogP contribution is 2.42. The third-order valence-corrected chi connectivity index (χ3v) is 5.47. The van der Waals surface area contributed by atoms with Crippen molar-refractivity contribution in [2.24, 2.45) is 5.41 Å². The first kappa shape index (κ1) is 21.5. The lowest BCUT2D eigenvalue weighted by atomic mass is 9.68. The van der Waals surface area contributed by atoms with Crippen LogP contribution < -0.4 is 5.32 Å². The molecule has 0 aromatic carbocycles. The van der Waals surface area contributed by atoms with Gasteiger partial charge in [0, 0.05) is 5.03 Å². The zero-order valence-electron chi connectivity index (χ0n) is 16.4. The Bertz CT molecular complexity index is 643. The summed E-state index contributed by atoms with van der Waals surface area (Å²) in [4.78, 5) is 25.5. The predicted molar refractivity (Wildman–Crippen MR) is 102 cm³/mol. The standard InChI is InChI=1S/C20H30ClNO3/c1-8-13(4)16(21)12-11-15-14(5)20(9-2,18(24)25-10-3)17(23)22-19(15,6)7/h11-12H,8-10H2,1-7H3,(H,22,23)/b12-11-,16-13-. The van der Waals surface area contributed by atoms with Crippen LogP contribution in [0.3, 0.4) is 0 Å². The van der Waals surface area contributed by atoms with Crippen molar-refractivity contribution in [3.63, 3.8) is 0 Å². The number of carbonyl (C=O) groups is 2. The van der Waals surface area contributed by atoms with E-state index in [1.165, 1.54) is 0 Å². The monoisotopic (exact) mass is 367 g/mol. The molecule has 0 spiro atoms. The molecule has 1 unspecified atom stereocenters. The maximum absolute atomic E-state index is 12.8. The molecule has 0 saturated heterocycles. The Morgan fingerprint density at radius 1 is 1.28 bits per heavy atom. The Morgan fingerprint density at radius 2 is 1.88 bits per heavy atom. The molecular weight excluding hydrogens is 338 g/mol. The zero-order valence-corrected chi connectivity index (χ0v) is 17.1. The van der Waals surface area contributed by atoms with E-state index in [1.807, 2.05) is 53.7 Å². The Labute approximate surface area is 156 Å². The van der Waals surface area contributed by atoms with Gasteiger partial charge in [-0.05, 0) is 64.7 Å². The van der Waals surface area contributed by atoms with E-state index in [-0.39, 0.29) is 12.5 Å². The van der Waals surface area contributed by atoms with Crippen molar-refractivity contribution in [3.05, 3.63) is 33.9 Å². The molecule has 1 atom stereocenters. The van der Waals surface area contributed by atoms with E-state index < -0.39 is 16.9 Å². The average Bonchev–Trinajstić information content (AvgIpc) is 2.53. The molecule has 5 heteroatoms. The second-order valence-electron chi connectivity index (χ2n) is 6.91. The average molecular weight is 368 g/mol. The van der Waals surface area contributed by atoms with Crippen molar-refractivity contribution >= 4 is 23.5 Å². The van der Waals surface area contributed by atoms with Crippen molar-refractivity contribution in [3.8, 4) is 0 Å². The van der Waals surface area contributed by atoms with Gasteiger partial charge in [0.2, 0.25) is 5.91 Å². The van der Waals surface area contributed by atoms with Crippen molar-refractivity contribution in [2.45, 2.75) is 66.8 Å². The molecule has 0 saturated carbocycles. The number of ether oxygens (including phenoxy) is 1. The summed E-state index contributed by atoms with van der Waals surface area (Å²) in [5, 5.41) is 3.65. The van der Waals surface area contributed by atoms with Gasteiger partial charge in [0.15, 0.2) is 5.41 Å². The molecule has 1 heterocycles. The highest BCUT2D eigenvalue weighted by atomic mass is 35.5. The highest BCUT2D eigenvalue weighted by molar-refractivity contribution is 6.31. The van der Waals surface area contributed by atoms with E-state index in [1.54, 1.807) is 6.92 Å². The number of rotatable bonds is 6. The van der Waals surface area contributed by atoms with Gasteiger partial charge < -0.3 is 10.1 Å². The quantitative estimate of drug-likeness (QED) is 0.422. The Hall–Kier alpha value is -1.55. The first-order valence-corrected chi connectivity index (χ1v) is 9.21. The minimum atomic E-state index is -1.29. The van der Waals surface area contributed by atoms with Gasteiger partial charge in [-0.25, -0.2) is 0 Å². The molecule has 0 fully saturated rings. The van der Waals surface area contributed by atoms with Crippen LogP contribution in [0.2, 0.25) is 0 Å². The fraction of sp³-hybridized carbons (Fsp3) is 0.600. The second kappa shape index (κ2) is 8.22. The van der Waals surface area contributed by atoms with E-state index >= 15 is 0 Å². The van der Waals surface area contributed by atoms with E-state index in [0.29, 0.717) is 11.5 Å². The van der Waals surface area contributed by atoms with Crippen LogP contribution in [-0.2, 0) is 14.3 Å². The number of allylic oxidation sites excluding steroid dienone is 3. The van der Waals surface area contributed by atoms with Crippen LogP contribution in [0.4, 0.5) is 0 Å². The zero-order chi connectivity index (χ0) is 19.4. The highest BCUT2D eigenvalue weighted by Gasteiger charge is 2.53. The molecule has 0 radical (unpaired) electrons. The van der Waals surface area contributed by atoms with E-state index in [2.05, 4.69) is 5.32 Å². The summed E-state index contributed by atoms with van der Waals surface area (Å²) in [6.45, 7) is 13.5. The van der Waals surface area contributed by atoms with Gasteiger partial charge in [0.25, 0.3) is 0 Å². The maximum atomic E-state index is 12.8. The number of amides is 1. The molecule has 0 aliphatic carbocycles. The number of hydrogen-bond donors (Lipinski definition) is 1. The molecule has 1 rings (SSSR count). The number of hydrogen-bond acceptors (Lipinski definition) is 3. The Morgan fingerprint density at radius 3 is 2.36 bits per heavy atom. The van der Waals surface area contributed by atoms with Crippen LogP contribution >= 0.6 is 11.6 Å². The summed E-state index contributed by atoms with van der Waals surface area (Å²) in [6, 6.07) is 0. The van der Waals surface area contributed by atoms with Gasteiger partial charge in [-0.15, -0.1) is 0 Å². The van der Waals surface area contributed by atoms with Gasteiger partial charge >= 0.3 is 5.97 Å². The fourth-order valence-corrected chi connectivity index (χ4v) is 3.39. The van der Waals surface area contributed by atoms with Crippen LogP contribution in [0, 0.1) is 5.41 Å². The van der Waals surface area contributed by atoms with Gasteiger partial charge in [0.05, 0.1) is 12.1 Å². The van der Waals surface area contributed by atoms with E-state index in [9.17, 15) is 9.59 Å². The number of carbonyl (C=O) groups excluding carboxylic acids is 2. The summed E-state index contributed by atoms with van der Waals surface area (Å²) in [7, 11) is 0. The number of nitrogens with one attached hydrogen (secondary N) is 1. The molecule has 0 aromatic heterocycles. The lowest BCUT2D eigenvalue weighted by Crippen LogP contribution is -2.59. The lowest BCUT2D eigenvalue weighted by molar-refractivity contribution is -0.159. The molecule has 25 heavy (non-hydrogen) atoms. The largest absolute Gasteiger partial charge is 0.465 e. The van der Waals surface area contributed by atoms with Crippen molar-refractivity contribution < 1.29 is 14.3 Å². The van der Waals surface area contributed by atoms with Crippen LogP contribution in [0.1, 0.15) is 61.3 Å². The summed E-state index contributed by atoms with van der Waals surface area (Å²) in [5.41, 5.74) is 0.795. The van der Waals surface area contributed by atoms with Crippen molar-refractivity contribution in [1.29, 1.82) is 0 Å². The van der Waals surface area contributed by atoms with Gasteiger partial charge in [0.1, 0.15) is 0 Å². The second-order valence-corrected chi connectivity index (χ2v) is 7.32. The SMILES string of the molecule is CCOC(=O)C1(CC)C(=O)NC(C)(C)C(/C=C\C(Cl)=C(/C)CC)=C1C. The van der Waals surface area contributed by atoms with Crippen LogP contribution in [0.15, 0.2) is 33.9 Å². The number of esters is 1. The Kier molecular flexibility index (Phi) is 7.07. The first-order chi connectivity index (χ1) is 11.6. The smallest absolute Gasteiger partial charge is 0.325 e. The fourth-order valence-electron chi connectivity index (χ4n) is 3.20.